The van der Waals surface area contributed by atoms with Crippen LogP contribution in [0.5, 0.6) is 0 Å². The van der Waals surface area contributed by atoms with Gasteiger partial charge in [-0.15, -0.1) is 0 Å². The molecule has 2 aromatic heterocycles. The fourth-order valence-corrected chi connectivity index (χ4v) is 3.09. The van der Waals surface area contributed by atoms with Crippen molar-refractivity contribution >= 4 is 17.5 Å². The van der Waals surface area contributed by atoms with Gasteiger partial charge in [0.05, 0.1) is 23.3 Å². The standard InChI is InChI=1S/C19H14N2O2S/c1-13(22)12-24-19-16(11-20)15(18-8-5-9-23-18)10-17(21-19)14-6-3-2-4-7-14/h2-10H,12H2,1H3. The van der Waals surface area contributed by atoms with Crippen molar-refractivity contribution in [3.05, 3.63) is 60.4 Å². The van der Waals surface area contributed by atoms with Crippen LogP contribution in [0.2, 0.25) is 0 Å². The third-order valence-electron chi connectivity index (χ3n) is 3.37. The summed E-state index contributed by atoms with van der Waals surface area (Å²) in [5.41, 5.74) is 2.80. The molecular formula is C19H14N2O2S. The molecule has 0 aliphatic carbocycles. The maximum absolute atomic E-state index is 11.3. The summed E-state index contributed by atoms with van der Waals surface area (Å²) in [7, 11) is 0. The van der Waals surface area contributed by atoms with E-state index in [2.05, 4.69) is 11.1 Å². The minimum atomic E-state index is 0.0374. The van der Waals surface area contributed by atoms with E-state index in [1.165, 1.54) is 18.7 Å². The number of carbonyl (C=O) groups is 1. The Labute approximate surface area is 144 Å². The van der Waals surface area contributed by atoms with E-state index < -0.39 is 0 Å². The fraction of sp³-hybridized carbons (Fsp3) is 0.105. The van der Waals surface area contributed by atoms with Gasteiger partial charge in [0.1, 0.15) is 22.6 Å². The van der Waals surface area contributed by atoms with E-state index in [0.717, 1.165) is 11.3 Å². The predicted octanol–water partition coefficient (Wildman–Crippen LogP) is 4.56. The number of rotatable bonds is 5. The van der Waals surface area contributed by atoms with Crippen molar-refractivity contribution in [2.45, 2.75) is 11.9 Å². The second-order valence-corrected chi connectivity index (χ2v) is 6.15. The number of furan rings is 1. The molecule has 0 N–H and O–H groups in total. The maximum Gasteiger partial charge on any atom is 0.140 e. The van der Waals surface area contributed by atoms with Crippen LogP contribution in [0.1, 0.15) is 12.5 Å². The van der Waals surface area contributed by atoms with Gasteiger partial charge in [0, 0.05) is 11.1 Å². The van der Waals surface area contributed by atoms with Crippen LogP contribution in [0.4, 0.5) is 0 Å². The molecule has 0 saturated heterocycles. The molecule has 0 spiro atoms. The zero-order valence-corrected chi connectivity index (χ0v) is 13.8. The third-order valence-corrected chi connectivity index (χ3v) is 4.49. The number of ketones is 1. The van der Waals surface area contributed by atoms with Crippen LogP contribution >= 0.6 is 11.8 Å². The molecule has 24 heavy (non-hydrogen) atoms. The van der Waals surface area contributed by atoms with Crippen molar-refractivity contribution in [2.75, 3.05) is 5.75 Å². The van der Waals surface area contributed by atoms with E-state index in [0.29, 0.717) is 21.9 Å². The normalized spacial score (nSPS) is 10.3. The molecule has 0 amide bonds. The molecule has 118 valence electrons. The number of nitriles is 1. The zero-order chi connectivity index (χ0) is 16.9. The Balaban J connectivity index is 2.18. The monoisotopic (exact) mass is 334 g/mol. The van der Waals surface area contributed by atoms with E-state index >= 15 is 0 Å². The Bertz CT molecular complexity index is 897. The lowest BCUT2D eigenvalue weighted by Crippen LogP contribution is -1.99. The average Bonchev–Trinajstić information content (AvgIpc) is 3.14. The highest BCUT2D eigenvalue weighted by molar-refractivity contribution is 8.00. The number of hydrogen-bond donors (Lipinski definition) is 0. The van der Waals surface area contributed by atoms with Crippen LogP contribution in [-0.4, -0.2) is 16.5 Å². The van der Waals surface area contributed by atoms with Crippen molar-refractivity contribution in [2.24, 2.45) is 0 Å². The molecular weight excluding hydrogens is 320 g/mol. The largest absolute Gasteiger partial charge is 0.464 e. The average molecular weight is 334 g/mol. The minimum Gasteiger partial charge on any atom is -0.464 e. The zero-order valence-electron chi connectivity index (χ0n) is 13.0. The summed E-state index contributed by atoms with van der Waals surface area (Å²) in [5, 5.41) is 10.1. The smallest absolute Gasteiger partial charge is 0.140 e. The number of carbonyl (C=O) groups excluding carboxylic acids is 1. The van der Waals surface area contributed by atoms with Gasteiger partial charge >= 0.3 is 0 Å². The van der Waals surface area contributed by atoms with Crippen LogP contribution in [0, 0.1) is 11.3 Å². The molecule has 1 aromatic carbocycles. The first kappa shape index (κ1) is 16.0. The molecule has 0 aliphatic heterocycles. The van der Waals surface area contributed by atoms with Gasteiger partial charge in [-0.25, -0.2) is 4.98 Å². The van der Waals surface area contributed by atoms with Gasteiger partial charge < -0.3 is 4.42 Å². The molecule has 0 bridgehead atoms. The molecule has 0 unspecified atom stereocenters. The maximum atomic E-state index is 11.3. The second kappa shape index (κ2) is 7.16. The van der Waals surface area contributed by atoms with Crippen molar-refractivity contribution in [1.29, 1.82) is 5.26 Å². The number of hydrogen-bond acceptors (Lipinski definition) is 5. The van der Waals surface area contributed by atoms with Crippen molar-refractivity contribution in [3.63, 3.8) is 0 Å². The fourth-order valence-electron chi connectivity index (χ4n) is 2.29. The van der Waals surface area contributed by atoms with Crippen LogP contribution < -0.4 is 0 Å². The minimum absolute atomic E-state index is 0.0374. The number of benzene rings is 1. The number of pyridine rings is 1. The first-order chi connectivity index (χ1) is 11.7. The van der Waals surface area contributed by atoms with E-state index in [4.69, 9.17) is 4.42 Å². The Kier molecular flexibility index (Phi) is 4.78. The predicted molar refractivity (Wildman–Crippen MR) is 93.5 cm³/mol. The van der Waals surface area contributed by atoms with Crippen molar-refractivity contribution < 1.29 is 9.21 Å². The summed E-state index contributed by atoms with van der Waals surface area (Å²) < 4.78 is 5.48. The Morgan fingerprint density at radius 1 is 1.25 bits per heavy atom. The van der Waals surface area contributed by atoms with Gasteiger partial charge in [-0.2, -0.15) is 5.26 Å². The van der Waals surface area contributed by atoms with Gasteiger partial charge in [0.2, 0.25) is 0 Å². The van der Waals surface area contributed by atoms with Crippen molar-refractivity contribution in [3.8, 4) is 28.7 Å². The van der Waals surface area contributed by atoms with Gasteiger partial charge in [0.25, 0.3) is 0 Å². The molecule has 2 heterocycles. The lowest BCUT2D eigenvalue weighted by molar-refractivity contribution is -0.114. The van der Waals surface area contributed by atoms with Crippen LogP contribution in [-0.2, 0) is 4.79 Å². The molecule has 5 heteroatoms. The molecule has 4 nitrogen and oxygen atoms in total. The Morgan fingerprint density at radius 3 is 2.67 bits per heavy atom. The van der Waals surface area contributed by atoms with E-state index in [9.17, 15) is 10.1 Å². The first-order valence-corrected chi connectivity index (χ1v) is 8.34. The summed E-state index contributed by atoms with van der Waals surface area (Å²) >= 11 is 1.28. The molecule has 0 fully saturated rings. The summed E-state index contributed by atoms with van der Waals surface area (Å²) in [6.45, 7) is 1.52. The topological polar surface area (TPSA) is 66.9 Å². The van der Waals surface area contributed by atoms with E-state index in [1.807, 2.05) is 42.5 Å². The number of nitrogens with zero attached hydrogens (tertiary/aromatic N) is 2. The molecule has 3 rings (SSSR count). The molecule has 0 saturated carbocycles. The van der Waals surface area contributed by atoms with E-state index in [-0.39, 0.29) is 11.5 Å². The Hall–Kier alpha value is -2.84. The highest BCUT2D eigenvalue weighted by atomic mass is 32.2. The lowest BCUT2D eigenvalue weighted by Gasteiger charge is -2.10. The summed E-state index contributed by atoms with van der Waals surface area (Å²) in [6, 6.07) is 17.4. The molecule has 0 aliphatic rings. The van der Waals surface area contributed by atoms with Crippen LogP contribution in [0.3, 0.4) is 0 Å². The van der Waals surface area contributed by atoms with Gasteiger partial charge in [-0.3, -0.25) is 4.79 Å². The summed E-state index contributed by atoms with van der Waals surface area (Å²) in [4.78, 5) is 15.9. The molecule has 3 aromatic rings. The Morgan fingerprint density at radius 2 is 2.04 bits per heavy atom. The first-order valence-electron chi connectivity index (χ1n) is 7.35. The van der Waals surface area contributed by atoms with Gasteiger partial charge in [-0.1, -0.05) is 42.1 Å². The summed E-state index contributed by atoms with van der Waals surface area (Å²) in [6.07, 6.45) is 1.57. The third kappa shape index (κ3) is 3.39. The highest BCUT2D eigenvalue weighted by Gasteiger charge is 2.17. The lowest BCUT2D eigenvalue weighted by atomic mass is 10.0. The van der Waals surface area contributed by atoms with Crippen LogP contribution in [0.15, 0.2) is 64.2 Å². The molecule has 0 radical (unpaired) electrons. The number of thioether (sulfide) groups is 1. The van der Waals surface area contributed by atoms with Gasteiger partial charge in [-0.05, 0) is 25.1 Å². The number of Topliss-reactive ketones (excluding diaryl/α,β-unsaturated/α-hetero) is 1. The van der Waals surface area contributed by atoms with E-state index in [1.54, 1.807) is 12.3 Å². The SMILES string of the molecule is CC(=O)CSc1nc(-c2ccccc2)cc(-c2ccco2)c1C#N. The van der Waals surface area contributed by atoms with Crippen molar-refractivity contribution in [1.82, 2.24) is 4.98 Å². The number of aromatic nitrogens is 1. The second-order valence-electron chi connectivity index (χ2n) is 5.18. The molecule has 0 atom stereocenters. The quantitative estimate of drug-likeness (QED) is 0.640. The van der Waals surface area contributed by atoms with Crippen LogP contribution in [0.25, 0.3) is 22.6 Å². The summed E-state index contributed by atoms with van der Waals surface area (Å²) in [5.74, 6) is 0.920. The highest BCUT2D eigenvalue weighted by Crippen LogP contribution is 2.34. The van der Waals surface area contributed by atoms with Gasteiger partial charge in [0.15, 0.2) is 0 Å².